The minimum Gasteiger partial charge on any atom is -0.383 e. The molecule has 0 aliphatic heterocycles. The Balaban J connectivity index is 2.69. The third-order valence-corrected chi connectivity index (χ3v) is 2.79. The molecule has 0 aliphatic rings. The van der Waals surface area contributed by atoms with Gasteiger partial charge in [-0.3, -0.25) is 4.79 Å². The molecule has 0 bridgehead atoms. The summed E-state index contributed by atoms with van der Waals surface area (Å²) in [6, 6.07) is 9.90. The molecule has 0 fully saturated rings. The fraction of sp³-hybridized carbons (Fsp3) is 0.500. The predicted molar refractivity (Wildman–Crippen MR) is 70.2 cm³/mol. The van der Waals surface area contributed by atoms with E-state index in [4.69, 9.17) is 9.47 Å². The largest absolute Gasteiger partial charge is 0.383 e. The van der Waals surface area contributed by atoms with Crippen LogP contribution < -0.4 is 0 Å². The van der Waals surface area contributed by atoms with E-state index in [-0.39, 0.29) is 5.91 Å². The minimum atomic E-state index is -0.425. The maximum atomic E-state index is 12.1. The van der Waals surface area contributed by atoms with Crippen molar-refractivity contribution < 1.29 is 14.3 Å². The molecule has 1 aromatic rings. The smallest absolute Gasteiger partial charge is 0.251 e. The molecule has 1 aromatic carbocycles. The van der Waals surface area contributed by atoms with Crippen LogP contribution in [0.15, 0.2) is 30.3 Å². The molecular weight excluding hydrogens is 230 g/mol. The van der Waals surface area contributed by atoms with Crippen molar-refractivity contribution in [1.29, 1.82) is 0 Å². The zero-order valence-corrected chi connectivity index (χ0v) is 11.3. The van der Waals surface area contributed by atoms with Crippen LogP contribution in [0.5, 0.6) is 0 Å². The molecule has 0 spiro atoms. The number of hydrogen-bond donors (Lipinski definition) is 0. The van der Waals surface area contributed by atoms with Gasteiger partial charge in [-0.05, 0) is 12.5 Å². The SMILES string of the molecule is COCCN(Cc1ccccc1)C(=O)C(C)OC. The normalized spacial score (nSPS) is 12.2. The molecule has 18 heavy (non-hydrogen) atoms. The predicted octanol–water partition coefficient (Wildman–Crippen LogP) is 1.70. The molecule has 0 saturated heterocycles. The van der Waals surface area contributed by atoms with Gasteiger partial charge < -0.3 is 14.4 Å². The van der Waals surface area contributed by atoms with Crippen LogP contribution in [-0.2, 0) is 20.8 Å². The zero-order chi connectivity index (χ0) is 13.4. The van der Waals surface area contributed by atoms with Crippen molar-refractivity contribution >= 4 is 5.91 Å². The Kier molecular flexibility index (Phi) is 6.39. The van der Waals surface area contributed by atoms with Gasteiger partial charge in [-0.1, -0.05) is 30.3 Å². The quantitative estimate of drug-likeness (QED) is 0.740. The summed E-state index contributed by atoms with van der Waals surface area (Å²) >= 11 is 0. The highest BCUT2D eigenvalue weighted by molar-refractivity contribution is 5.80. The Hall–Kier alpha value is -1.39. The first kappa shape index (κ1) is 14.7. The fourth-order valence-electron chi connectivity index (χ4n) is 1.63. The molecule has 1 unspecified atom stereocenters. The maximum absolute atomic E-state index is 12.1. The number of carbonyl (C=O) groups is 1. The third kappa shape index (κ3) is 4.47. The summed E-state index contributed by atoms with van der Waals surface area (Å²) in [6.45, 7) is 3.43. The second-order valence-corrected chi connectivity index (χ2v) is 4.12. The fourth-order valence-corrected chi connectivity index (χ4v) is 1.63. The van der Waals surface area contributed by atoms with Crippen molar-refractivity contribution in [3.05, 3.63) is 35.9 Å². The highest BCUT2D eigenvalue weighted by Crippen LogP contribution is 2.07. The van der Waals surface area contributed by atoms with E-state index in [0.717, 1.165) is 5.56 Å². The van der Waals surface area contributed by atoms with Gasteiger partial charge in [0.05, 0.1) is 6.61 Å². The highest BCUT2D eigenvalue weighted by Gasteiger charge is 2.19. The molecule has 0 N–H and O–H groups in total. The Bertz CT molecular complexity index is 353. The van der Waals surface area contributed by atoms with E-state index in [1.807, 2.05) is 30.3 Å². The lowest BCUT2D eigenvalue weighted by molar-refractivity contribution is -0.142. The molecule has 0 radical (unpaired) electrons. The van der Waals surface area contributed by atoms with Crippen LogP contribution in [0.1, 0.15) is 12.5 Å². The second-order valence-electron chi connectivity index (χ2n) is 4.12. The molecule has 1 amide bonds. The molecule has 0 aliphatic carbocycles. The third-order valence-electron chi connectivity index (χ3n) is 2.79. The topological polar surface area (TPSA) is 38.8 Å². The van der Waals surface area contributed by atoms with Gasteiger partial charge in [0.1, 0.15) is 6.10 Å². The maximum Gasteiger partial charge on any atom is 0.251 e. The van der Waals surface area contributed by atoms with Crippen molar-refractivity contribution in [2.75, 3.05) is 27.4 Å². The van der Waals surface area contributed by atoms with Gasteiger partial charge in [-0.2, -0.15) is 0 Å². The van der Waals surface area contributed by atoms with Crippen molar-refractivity contribution in [3.8, 4) is 0 Å². The summed E-state index contributed by atoms with van der Waals surface area (Å²) < 4.78 is 10.1. The average molecular weight is 251 g/mol. The summed E-state index contributed by atoms with van der Waals surface area (Å²) in [5.74, 6) is -0.0154. The van der Waals surface area contributed by atoms with Crippen LogP contribution in [0.2, 0.25) is 0 Å². The van der Waals surface area contributed by atoms with Crippen LogP contribution in [0.3, 0.4) is 0 Å². The lowest BCUT2D eigenvalue weighted by atomic mass is 10.2. The average Bonchev–Trinajstić information content (AvgIpc) is 2.42. The molecule has 4 nitrogen and oxygen atoms in total. The Morgan fingerprint density at radius 2 is 1.94 bits per heavy atom. The van der Waals surface area contributed by atoms with E-state index >= 15 is 0 Å². The molecule has 0 saturated carbocycles. The lowest BCUT2D eigenvalue weighted by Crippen LogP contribution is -2.40. The van der Waals surface area contributed by atoms with Crippen LogP contribution in [0, 0.1) is 0 Å². The van der Waals surface area contributed by atoms with Crippen molar-refractivity contribution in [1.82, 2.24) is 4.90 Å². The number of benzene rings is 1. The van der Waals surface area contributed by atoms with Gasteiger partial charge in [-0.15, -0.1) is 0 Å². The van der Waals surface area contributed by atoms with Gasteiger partial charge in [0.15, 0.2) is 0 Å². The lowest BCUT2D eigenvalue weighted by Gasteiger charge is -2.25. The first-order chi connectivity index (χ1) is 8.69. The molecule has 100 valence electrons. The summed E-state index contributed by atoms with van der Waals surface area (Å²) in [6.07, 6.45) is -0.425. The number of carbonyl (C=O) groups excluding carboxylic acids is 1. The molecule has 4 heteroatoms. The van der Waals surface area contributed by atoms with Crippen LogP contribution in [0.25, 0.3) is 0 Å². The van der Waals surface area contributed by atoms with Gasteiger partial charge in [-0.25, -0.2) is 0 Å². The van der Waals surface area contributed by atoms with Crippen molar-refractivity contribution in [3.63, 3.8) is 0 Å². The Labute approximate surface area is 108 Å². The van der Waals surface area contributed by atoms with E-state index in [2.05, 4.69) is 0 Å². The molecule has 1 rings (SSSR count). The summed E-state index contributed by atoms with van der Waals surface area (Å²) in [4.78, 5) is 13.9. The highest BCUT2D eigenvalue weighted by atomic mass is 16.5. The summed E-state index contributed by atoms with van der Waals surface area (Å²) in [5.41, 5.74) is 1.10. The van der Waals surface area contributed by atoms with E-state index in [9.17, 15) is 4.79 Å². The number of rotatable bonds is 7. The van der Waals surface area contributed by atoms with Gasteiger partial charge >= 0.3 is 0 Å². The van der Waals surface area contributed by atoms with Crippen LogP contribution in [0.4, 0.5) is 0 Å². The molecule has 0 heterocycles. The Morgan fingerprint density at radius 1 is 1.28 bits per heavy atom. The van der Waals surface area contributed by atoms with Crippen molar-refractivity contribution in [2.45, 2.75) is 19.6 Å². The second kappa shape index (κ2) is 7.84. The number of hydrogen-bond acceptors (Lipinski definition) is 3. The van der Waals surface area contributed by atoms with E-state index in [0.29, 0.717) is 19.7 Å². The van der Waals surface area contributed by atoms with Gasteiger partial charge in [0.2, 0.25) is 0 Å². The molecule has 0 aromatic heterocycles. The van der Waals surface area contributed by atoms with E-state index < -0.39 is 6.10 Å². The number of amides is 1. The van der Waals surface area contributed by atoms with Crippen LogP contribution in [-0.4, -0.2) is 44.3 Å². The van der Waals surface area contributed by atoms with Gasteiger partial charge in [0, 0.05) is 27.3 Å². The first-order valence-electron chi connectivity index (χ1n) is 6.03. The monoisotopic (exact) mass is 251 g/mol. The summed E-state index contributed by atoms with van der Waals surface area (Å²) in [7, 11) is 3.17. The molecule has 1 atom stereocenters. The van der Waals surface area contributed by atoms with Gasteiger partial charge in [0.25, 0.3) is 5.91 Å². The number of ether oxygens (including phenoxy) is 2. The van der Waals surface area contributed by atoms with Crippen LogP contribution >= 0.6 is 0 Å². The zero-order valence-electron chi connectivity index (χ0n) is 11.3. The first-order valence-corrected chi connectivity index (χ1v) is 6.03. The van der Waals surface area contributed by atoms with Crippen molar-refractivity contribution in [2.24, 2.45) is 0 Å². The number of methoxy groups -OCH3 is 2. The summed E-state index contributed by atoms with van der Waals surface area (Å²) in [5, 5.41) is 0. The standard InChI is InChI=1S/C14H21NO3/c1-12(18-3)14(16)15(9-10-17-2)11-13-7-5-4-6-8-13/h4-8,12H,9-11H2,1-3H3. The van der Waals surface area contributed by atoms with E-state index in [1.165, 1.54) is 0 Å². The minimum absolute atomic E-state index is 0.0154. The van der Waals surface area contributed by atoms with E-state index in [1.54, 1.807) is 26.0 Å². The number of nitrogens with zero attached hydrogens (tertiary/aromatic N) is 1. The molecular formula is C14H21NO3. The Morgan fingerprint density at radius 3 is 2.50 bits per heavy atom.